The number of hydrogen-bond acceptors (Lipinski definition) is 2. The van der Waals surface area contributed by atoms with Crippen molar-refractivity contribution in [1.29, 1.82) is 0 Å². The van der Waals surface area contributed by atoms with Crippen molar-refractivity contribution in [2.45, 2.75) is 117 Å². The molecule has 2 N–H and O–H groups in total. The lowest BCUT2D eigenvalue weighted by molar-refractivity contribution is 0.152. The summed E-state index contributed by atoms with van der Waals surface area (Å²) in [6.07, 6.45) is 16.8. The van der Waals surface area contributed by atoms with Crippen molar-refractivity contribution in [3.8, 4) is 0 Å². The summed E-state index contributed by atoms with van der Waals surface area (Å²) in [5, 5.41) is 7.90. The minimum Gasteiger partial charge on any atom is -0.301 e. The third kappa shape index (κ3) is 5.96. The average Bonchev–Trinajstić information content (AvgIpc) is 2.66. The summed E-state index contributed by atoms with van der Waals surface area (Å²) in [5.41, 5.74) is 0. The lowest BCUT2D eigenvalue weighted by atomic mass is 9.74. The highest BCUT2D eigenvalue weighted by Gasteiger charge is 2.32. The van der Waals surface area contributed by atoms with E-state index < -0.39 is 0 Å². The van der Waals surface area contributed by atoms with Gasteiger partial charge in [0, 0.05) is 18.8 Å². The molecule has 2 heteroatoms. The molecule has 2 fully saturated rings. The minimum absolute atomic E-state index is 0.751. The number of hydrogen-bond donors (Lipinski definition) is 2. The molecule has 0 spiro atoms. The molecule has 2 aliphatic carbocycles. The topological polar surface area (TPSA) is 24.1 Å². The Balaban J connectivity index is 1.84. The summed E-state index contributed by atoms with van der Waals surface area (Å²) >= 11 is 0. The van der Waals surface area contributed by atoms with Gasteiger partial charge in [-0.2, -0.15) is 0 Å². The summed E-state index contributed by atoms with van der Waals surface area (Å²) in [6, 6.07) is 1.50. The van der Waals surface area contributed by atoms with E-state index in [4.69, 9.17) is 0 Å². The minimum atomic E-state index is 0.751. The van der Waals surface area contributed by atoms with Crippen LogP contribution in [0.5, 0.6) is 0 Å². The lowest BCUT2D eigenvalue weighted by Crippen LogP contribution is -2.50. The summed E-state index contributed by atoms with van der Waals surface area (Å²) in [5.74, 6) is 3.66. The Morgan fingerprint density at radius 1 is 0.600 bits per heavy atom. The molecule has 0 aromatic rings. The van der Waals surface area contributed by atoms with E-state index in [0.29, 0.717) is 0 Å². The van der Waals surface area contributed by atoms with Crippen LogP contribution in [-0.4, -0.2) is 18.8 Å². The van der Waals surface area contributed by atoms with Gasteiger partial charge in [0.2, 0.25) is 0 Å². The van der Waals surface area contributed by atoms with Crippen molar-refractivity contribution in [3.05, 3.63) is 0 Å². The molecule has 0 bridgehead atoms. The van der Waals surface area contributed by atoms with E-state index in [1.165, 1.54) is 77.0 Å². The van der Waals surface area contributed by atoms with Crippen LogP contribution in [0.15, 0.2) is 0 Å². The van der Waals surface area contributed by atoms with E-state index in [1.807, 2.05) is 0 Å². The Hall–Kier alpha value is -0.0800. The molecule has 0 aromatic heterocycles. The van der Waals surface area contributed by atoms with Crippen molar-refractivity contribution in [2.75, 3.05) is 6.67 Å². The van der Waals surface area contributed by atoms with E-state index in [9.17, 15) is 0 Å². The third-order valence-corrected chi connectivity index (χ3v) is 7.68. The molecule has 2 rings (SSSR count). The van der Waals surface area contributed by atoms with Crippen LogP contribution in [0, 0.1) is 23.7 Å². The predicted octanol–water partition coefficient (Wildman–Crippen LogP) is 6.11. The van der Waals surface area contributed by atoms with E-state index in [-0.39, 0.29) is 0 Å². The Kier molecular flexibility index (Phi) is 9.84. The predicted molar refractivity (Wildman–Crippen MR) is 111 cm³/mol. The first-order chi connectivity index (χ1) is 12.2. The maximum absolute atomic E-state index is 3.95. The highest BCUT2D eigenvalue weighted by Crippen LogP contribution is 2.35. The molecule has 25 heavy (non-hydrogen) atoms. The first kappa shape index (κ1) is 21.2. The number of nitrogens with one attached hydrogen (secondary N) is 2. The van der Waals surface area contributed by atoms with Crippen LogP contribution >= 0.6 is 0 Å². The van der Waals surface area contributed by atoms with Crippen molar-refractivity contribution in [2.24, 2.45) is 23.7 Å². The Labute approximate surface area is 158 Å². The molecule has 2 nitrogen and oxygen atoms in total. The van der Waals surface area contributed by atoms with Crippen molar-refractivity contribution < 1.29 is 0 Å². The van der Waals surface area contributed by atoms with Gasteiger partial charge in [-0.25, -0.2) is 0 Å². The SMILES string of the molecule is CCC(CC)C1CCCCC1NCNC1CCCCC1C(CC)CC. The van der Waals surface area contributed by atoms with Crippen LogP contribution in [0.1, 0.15) is 105 Å². The van der Waals surface area contributed by atoms with Crippen LogP contribution < -0.4 is 10.6 Å². The molecule has 4 unspecified atom stereocenters. The summed E-state index contributed by atoms with van der Waals surface area (Å²) in [4.78, 5) is 0. The van der Waals surface area contributed by atoms with Crippen molar-refractivity contribution in [3.63, 3.8) is 0 Å². The van der Waals surface area contributed by atoms with E-state index in [2.05, 4.69) is 38.3 Å². The van der Waals surface area contributed by atoms with Gasteiger partial charge in [-0.1, -0.05) is 79.1 Å². The standard InChI is InChI=1S/C23H46N2/c1-5-18(6-2)20-13-9-11-15-22(20)24-17-25-23-16-12-10-14-21(23)19(7-3)8-4/h18-25H,5-17H2,1-4H3. The molecule has 2 aliphatic rings. The second-order valence-electron chi connectivity index (χ2n) is 8.85. The first-order valence-corrected chi connectivity index (χ1v) is 11.7. The van der Waals surface area contributed by atoms with Crippen LogP contribution in [0.4, 0.5) is 0 Å². The van der Waals surface area contributed by atoms with Crippen LogP contribution in [0.2, 0.25) is 0 Å². The van der Waals surface area contributed by atoms with Gasteiger partial charge in [-0.05, 0) is 49.4 Å². The molecule has 0 aromatic carbocycles. The Bertz CT molecular complexity index is 303. The van der Waals surface area contributed by atoms with Crippen LogP contribution in [0.25, 0.3) is 0 Å². The van der Waals surface area contributed by atoms with Gasteiger partial charge in [-0.3, -0.25) is 0 Å². The monoisotopic (exact) mass is 350 g/mol. The number of rotatable bonds is 10. The quantitative estimate of drug-likeness (QED) is 0.464. The van der Waals surface area contributed by atoms with Crippen LogP contribution in [-0.2, 0) is 0 Å². The zero-order valence-corrected chi connectivity index (χ0v) is 17.7. The molecular formula is C23H46N2. The molecule has 0 heterocycles. The first-order valence-electron chi connectivity index (χ1n) is 11.7. The van der Waals surface area contributed by atoms with E-state index >= 15 is 0 Å². The molecule has 0 saturated heterocycles. The van der Waals surface area contributed by atoms with Gasteiger partial charge in [0.05, 0.1) is 0 Å². The molecule has 0 aliphatic heterocycles. The van der Waals surface area contributed by atoms with E-state index in [1.54, 1.807) is 0 Å². The zero-order chi connectivity index (χ0) is 18.1. The highest BCUT2D eigenvalue weighted by molar-refractivity contribution is 4.87. The molecule has 148 valence electrons. The van der Waals surface area contributed by atoms with Gasteiger partial charge < -0.3 is 10.6 Å². The van der Waals surface area contributed by atoms with Gasteiger partial charge >= 0.3 is 0 Å². The third-order valence-electron chi connectivity index (χ3n) is 7.68. The molecular weight excluding hydrogens is 304 g/mol. The normalized spacial score (nSPS) is 31.0. The fourth-order valence-electron chi connectivity index (χ4n) is 6.06. The largest absolute Gasteiger partial charge is 0.301 e. The maximum atomic E-state index is 3.95. The summed E-state index contributed by atoms with van der Waals surface area (Å²) < 4.78 is 0. The maximum Gasteiger partial charge on any atom is 0.0458 e. The van der Waals surface area contributed by atoms with Crippen LogP contribution in [0.3, 0.4) is 0 Å². The molecule has 4 atom stereocenters. The van der Waals surface area contributed by atoms with Gasteiger partial charge in [-0.15, -0.1) is 0 Å². The Morgan fingerprint density at radius 3 is 1.32 bits per heavy atom. The molecule has 0 radical (unpaired) electrons. The second kappa shape index (κ2) is 11.6. The fourth-order valence-corrected chi connectivity index (χ4v) is 6.06. The Morgan fingerprint density at radius 2 is 0.960 bits per heavy atom. The fraction of sp³-hybridized carbons (Fsp3) is 1.00. The molecule has 2 saturated carbocycles. The molecule has 0 amide bonds. The van der Waals surface area contributed by atoms with E-state index in [0.717, 1.165) is 42.4 Å². The van der Waals surface area contributed by atoms with Crippen molar-refractivity contribution in [1.82, 2.24) is 10.6 Å². The second-order valence-corrected chi connectivity index (χ2v) is 8.85. The zero-order valence-electron chi connectivity index (χ0n) is 17.7. The van der Waals surface area contributed by atoms with Gasteiger partial charge in [0.1, 0.15) is 0 Å². The summed E-state index contributed by atoms with van der Waals surface area (Å²) in [7, 11) is 0. The summed E-state index contributed by atoms with van der Waals surface area (Å²) in [6.45, 7) is 10.6. The highest BCUT2D eigenvalue weighted by atomic mass is 15.1. The van der Waals surface area contributed by atoms with Gasteiger partial charge in [0.15, 0.2) is 0 Å². The lowest BCUT2D eigenvalue weighted by Gasteiger charge is -2.40. The smallest absolute Gasteiger partial charge is 0.0458 e. The average molecular weight is 351 g/mol. The van der Waals surface area contributed by atoms with Crippen molar-refractivity contribution >= 4 is 0 Å². The van der Waals surface area contributed by atoms with Gasteiger partial charge in [0.25, 0.3) is 0 Å².